The molecule has 0 spiro atoms. The van der Waals surface area contributed by atoms with Crippen LogP contribution in [0.5, 0.6) is 17.2 Å². The molecule has 0 fully saturated rings. The first-order chi connectivity index (χ1) is 23.4. The molecular formula is C38H47N5O6. The third-order valence-corrected chi connectivity index (χ3v) is 8.67. The summed E-state index contributed by atoms with van der Waals surface area (Å²) in [5, 5.41) is 9.33. The standard InChI is InChI=1S/C38H47N5O6/c1-20(2)15-31(38(46)40-24-10-13-28-30(18-24)43-34(42-28)16-21(3)4)41-29-14-11-25-26(19-32(29)45)27(39-22(5)44)12-9-23-17-33(47-6)36(48-7)37(49-8)35(23)25/h10-11,13-14,17-21,27,31H,9,12,15-16H2,1-8H3,(H,39,44)(H,40,46)(H,41,45)(H,42,43). The van der Waals surface area contributed by atoms with Crippen LogP contribution < -0.4 is 35.6 Å². The fourth-order valence-corrected chi connectivity index (χ4v) is 6.57. The first kappa shape index (κ1) is 35.3. The van der Waals surface area contributed by atoms with Crippen LogP contribution in [0.2, 0.25) is 0 Å². The number of nitrogens with one attached hydrogen (secondary N) is 4. The van der Waals surface area contributed by atoms with Crippen LogP contribution >= 0.6 is 0 Å². The van der Waals surface area contributed by atoms with Gasteiger partial charge in [0.05, 0.1) is 44.1 Å². The number of hydrogen-bond donors (Lipinski definition) is 4. The van der Waals surface area contributed by atoms with Crippen LogP contribution in [-0.4, -0.2) is 49.2 Å². The molecule has 11 nitrogen and oxygen atoms in total. The van der Waals surface area contributed by atoms with Gasteiger partial charge in [0, 0.05) is 24.6 Å². The topological polar surface area (TPSA) is 144 Å². The first-order valence-electron chi connectivity index (χ1n) is 16.8. The highest BCUT2D eigenvalue weighted by Gasteiger charge is 2.30. The van der Waals surface area contributed by atoms with Crippen molar-refractivity contribution in [3.8, 4) is 28.4 Å². The van der Waals surface area contributed by atoms with Gasteiger partial charge in [0.1, 0.15) is 11.9 Å². The van der Waals surface area contributed by atoms with E-state index in [4.69, 9.17) is 14.2 Å². The number of aromatic amines is 1. The number of rotatable bonds is 12. The van der Waals surface area contributed by atoms with Crippen molar-refractivity contribution in [3.05, 3.63) is 69.6 Å². The van der Waals surface area contributed by atoms with Crippen LogP contribution in [0.1, 0.15) is 70.5 Å². The second-order valence-electron chi connectivity index (χ2n) is 13.4. The van der Waals surface area contributed by atoms with Gasteiger partial charge in [-0.15, -0.1) is 0 Å². The molecule has 3 aromatic carbocycles. The van der Waals surface area contributed by atoms with Crippen LogP contribution in [0.4, 0.5) is 11.4 Å². The highest BCUT2D eigenvalue weighted by molar-refractivity contribution is 5.98. The Morgan fingerprint density at radius 3 is 2.37 bits per heavy atom. The van der Waals surface area contributed by atoms with Crippen molar-refractivity contribution in [2.24, 2.45) is 11.8 Å². The Morgan fingerprint density at radius 1 is 0.959 bits per heavy atom. The maximum absolute atomic E-state index is 14.0. The number of benzene rings is 2. The van der Waals surface area contributed by atoms with Gasteiger partial charge in [-0.25, -0.2) is 4.98 Å². The molecule has 4 N–H and O–H groups in total. The molecule has 1 aromatic heterocycles. The maximum Gasteiger partial charge on any atom is 0.246 e. The van der Waals surface area contributed by atoms with Crippen molar-refractivity contribution in [1.29, 1.82) is 0 Å². The highest BCUT2D eigenvalue weighted by atomic mass is 16.5. The lowest BCUT2D eigenvalue weighted by atomic mass is 9.95. The molecule has 2 amide bonds. The number of methoxy groups -OCH3 is 3. The molecule has 0 saturated heterocycles. The third kappa shape index (κ3) is 7.82. The van der Waals surface area contributed by atoms with E-state index in [9.17, 15) is 14.4 Å². The number of aryl methyl sites for hydroxylation is 1. The molecule has 49 heavy (non-hydrogen) atoms. The Kier molecular flexibility index (Phi) is 10.8. The zero-order chi connectivity index (χ0) is 35.4. The minimum atomic E-state index is -0.707. The van der Waals surface area contributed by atoms with Crippen LogP contribution in [0.25, 0.3) is 22.2 Å². The maximum atomic E-state index is 14.0. The molecule has 1 heterocycles. The van der Waals surface area contributed by atoms with E-state index >= 15 is 0 Å². The van der Waals surface area contributed by atoms with E-state index < -0.39 is 12.1 Å². The summed E-state index contributed by atoms with van der Waals surface area (Å²) in [6.07, 6.45) is 2.45. The number of carbonyl (C=O) groups excluding carboxylic acids is 2. The Labute approximate surface area is 287 Å². The fraction of sp³-hybridized carbons (Fsp3) is 0.421. The van der Waals surface area contributed by atoms with Gasteiger partial charge in [-0.1, -0.05) is 33.8 Å². The summed E-state index contributed by atoms with van der Waals surface area (Å²) in [5.41, 5.74) is 5.31. The Balaban J connectivity index is 1.54. The summed E-state index contributed by atoms with van der Waals surface area (Å²) in [7, 11) is 4.68. The molecule has 4 aromatic rings. The number of aromatic nitrogens is 2. The van der Waals surface area contributed by atoms with Crippen molar-refractivity contribution >= 4 is 34.2 Å². The molecule has 5 rings (SSSR count). The Morgan fingerprint density at radius 2 is 1.71 bits per heavy atom. The molecule has 260 valence electrons. The molecule has 0 radical (unpaired) electrons. The van der Waals surface area contributed by atoms with Crippen molar-refractivity contribution in [2.75, 3.05) is 32.0 Å². The lowest BCUT2D eigenvalue weighted by molar-refractivity contribution is -0.120. The average Bonchev–Trinajstić information content (AvgIpc) is 3.29. The zero-order valence-corrected chi connectivity index (χ0v) is 29.6. The number of nitrogens with zero attached hydrogens (tertiary/aromatic N) is 1. The molecular weight excluding hydrogens is 622 g/mol. The fourth-order valence-electron chi connectivity index (χ4n) is 6.57. The highest BCUT2D eigenvalue weighted by Crippen LogP contribution is 2.50. The Hall–Kier alpha value is -5.06. The van der Waals surface area contributed by atoms with Crippen molar-refractivity contribution in [3.63, 3.8) is 0 Å². The van der Waals surface area contributed by atoms with Gasteiger partial charge in [0.15, 0.2) is 11.5 Å². The van der Waals surface area contributed by atoms with Gasteiger partial charge in [-0.2, -0.15) is 0 Å². The van der Waals surface area contributed by atoms with E-state index in [0.717, 1.165) is 34.4 Å². The third-order valence-electron chi connectivity index (χ3n) is 8.67. The molecule has 0 bridgehead atoms. The molecule has 2 atom stereocenters. The van der Waals surface area contributed by atoms with E-state index in [1.807, 2.05) is 44.2 Å². The predicted octanol–water partition coefficient (Wildman–Crippen LogP) is 6.40. The van der Waals surface area contributed by atoms with Gasteiger partial charge >= 0.3 is 0 Å². The smallest absolute Gasteiger partial charge is 0.246 e. The van der Waals surface area contributed by atoms with Gasteiger partial charge in [-0.05, 0) is 84.2 Å². The number of imidazole rings is 1. The van der Waals surface area contributed by atoms with Crippen molar-refractivity contribution in [2.45, 2.75) is 72.4 Å². The van der Waals surface area contributed by atoms with Crippen molar-refractivity contribution < 1.29 is 23.8 Å². The molecule has 0 saturated carbocycles. The number of ether oxygens (including phenoxy) is 3. The molecule has 0 aliphatic heterocycles. The number of H-pyrrole nitrogens is 1. The monoisotopic (exact) mass is 669 g/mol. The van der Waals surface area contributed by atoms with E-state index in [2.05, 4.69) is 39.8 Å². The predicted molar refractivity (Wildman–Crippen MR) is 193 cm³/mol. The molecule has 11 heteroatoms. The van der Waals surface area contributed by atoms with Gasteiger partial charge in [-0.3, -0.25) is 14.4 Å². The van der Waals surface area contributed by atoms with E-state index in [-0.39, 0.29) is 28.8 Å². The normalized spacial score (nSPS) is 14.4. The number of anilines is 2. The largest absolute Gasteiger partial charge is 0.493 e. The number of amides is 2. The lowest BCUT2D eigenvalue weighted by Crippen LogP contribution is -2.37. The summed E-state index contributed by atoms with van der Waals surface area (Å²) in [6, 6.07) is 11.5. The first-order valence-corrected chi connectivity index (χ1v) is 16.8. The summed E-state index contributed by atoms with van der Waals surface area (Å²) in [6.45, 7) is 9.81. The summed E-state index contributed by atoms with van der Waals surface area (Å²) in [4.78, 5) is 48.1. The number of hydrogen-bond acceptors (Lipinski definition) is 8. The minimum absolute atomic E-state index is 0.156. The number of carbonyl (C=O) groups is 2. The van der Waals surface area contributed by atoms with Crippen molar-refractivity contribution in [1.82, 2.24) is 15.3 Å². The van der Waals surface area contributed by atoms with E-state index in [1.165, 1.54) is 6.92 Å². The summed E-state index contributed by atoms with van der Waals surface area (Å²) in [5.74, 6) is 2.48. The molecule has 1 aliphatic carbocycles. The SMILES string of the molecule is COc1cc2c(c(OC)c1OC)-c1ccc(NC(CC(C)C)C(=O)Nc3ccc4nc(CC(C)C)[nH]c4c3)c(=O)cc1C(NC(C)=O)CC2. The van der Waals surface area contributed by atoms with Crippen LogP contribution in [-0.2, 0) is 22.4 Å². The zero-order valence-electron chi connectivity index (χ0n) is 29.6. The van der Waals surface area contributed by atoms with Crippen LogP contribution in [0.15, 0.2) is 47.3 Å². The van der Waals surface area contributed by atoms with Gasteiger partial charge in [0.25, 0.3) is 0 Å². The summed E-state index contributed by atoms with van der Waals surface area (Å²) < 4.78 is 17.2. The number of fused-ring (bicyclic) bond motifs is 4. The second-order valence-corrected chi connectivity index (χ2v) is 13.4. The minimum Gasteiger partial charge on any atom is -0.493 e. The van der Waals surface area contributed by atoms with Gasteiger partial charge in [0.2, 0.25) is 23.0 Å². The van der Waals surface area contributed by atoms with Crippen LogP contribution in [0, 0.1) is 11.8 Å². The Bertz CT molecular complexity index is 1920. The van der Waals surface area contributed by atoms with Gasteiger partial charge < -0.3 is 35.1 Å². The quantitative estimate of drug-likeness (QED) is 0.136. The summed E-state index contributed by atoms with van der Waals surface area (Å²) >= 11 is 0. The van der Waals surface area contributed by atoms with E-state index in [1.54, 1.807) is 33.5 Å². The molecule has 1 aliphatic rings. The molecule has 2 unspecified atom stereocenters. The second kappa shape index (κ2) is 15.0. The lowest BCUT2D eigenvalue weighted by Gasteiger charge is -2.20. The van der Waals surface area contributed by atoms with Crippen LogP contribution in [0.3, 0.4) is 0 Å². The average molecular weight is 670 g/mol. The van der Waals surface area contributed by atoms with E-state index in [0.29, 0.717) is 59.2 Å².